The first-order valence-corrected chi connectivity index (χ1v) is 9.72. The number of piperazine rings is 1. The van der Waals surface area contributed by atoms with E-state index in [1.54, 1.807) is 22.5 Å². The highest BCUT2D eigenvalue weighted by atomic mass is 32.2. The molecule has 1 fully saturated rings. The molecule has 0 saturated carbocycles. The normalized spacial score (nSPS) is 20.5. The van der Waals surface area contributed by atoms with Gasteiger partial charge in [0.1, 0.15) is 0 Å². The minimum absolute atomic E-state index is 0.0520. The number of nitrogens with zero attached hydrogens (tertiary/aromatic N) is 2. The lowest BCUT2D eigenvalue weighted by molar-refractivity contribution is -0.113. The van der Waals surface area contributed by atoms with Crippen molar-refractivity contribution in [2.45, 2.75) is 16.7 Å². The SMILES string of the molecule is CCN1CCN(S(=O)(=O)c2ccc3c(c2)SCC(=O)N3)CC1. The quantitative estimate of drug-likeness (QED) is 0.890. The van der Waals surface area contributed by atoms with Crippen molar-refractivity contribution < 1.29 is 13.2 Å². The number of thioether (sulfide) groups is 1. The molecule has 0 unspecified atom stereocenters. The van der Waals surface area contributed by atoms with Gasteiger partial charge in [-0.15, -0.1) is 11.8 Å². The first kappa shape index (κ1) is 15.8. The molecule has 0 radical (unpaired) electrons. The average Bonchev–Trinajstić information content (AvgIpc) is 2.54. The van der Waals surface area contributed by atoms with Crippen molar-refractivity contribution in [1.82, 2.24) is 9.21 Å². The molecular formula is C14H19N3O3S2. The van der Waals surface area contributed by atoms with Crippen molar-refractivity contribution in [2.75, 3.05) is 43.8 Å². The lowest BCUT2D eigenvalue weighted by atomic mass is 10.3. The zero-order valence-corrected chi connectivity index (χ0v) is 14.0. The molecule has 0 atom stereocenters. The zero-order valence-electron chi connectivity index (χ0n) is 12.4. The Morgan fingerprint density at radius 1 is 1.23 bits per heavy atom. The summed E-state index contributed by atoms with van der Waals surface area (Å²) in [6, 6.07) is 4.92. The maximum absolute atomic E-state index is 12.7. The van der Waals surface area contributed by atoms with E-state index < -0.39 is 10.0 Å². The maximum Gasteiger partial charge on any atom is 0.243 e. The van der Waals surface area contributed by atoms with E-state index in [9.17, 15) is 13.2 Å². The van der Waals surface area contributed by atoms with Crippen molar-refractivity contribution in [3.05, 3.63) is 18.2 Å². The number of sulfonamides is 1. The van der Waals surface area contributed by atoms with Gasteiger partial charge < -0.3 is 10.2 Å². The van der Waals surface area contributed by atoms with Crippen molar-refractivity contribution >= 4 is 33.4 Å². The Morgan fingerprint density at radius 3 is 2.64 bits per heavy atom. The van der Waals surface area contributed by atoms with Crippen LogP contribution in [0, 0.1) is 0 Å². The fourth-order valence-corrected chi connectivity index (χ4v) is 5.02. The number of benzene rings is 1. The Labute approximate surface area is 134 Å². The summed E-state index contributed by atoms with van der Waals surface area (Å²) in [6.07, 6.45) is 0. The summed E-state index contributed by atoms with van der Waals surface area (Å²) >= 11 is 1.37. The predicted molar refractivity (Wildman–Crippen MR) is 86.7 cm³/mol. The highest BCUT2D eigenvalue weighted by Crippen LogP contribution is 2.34. The molecule has 0 aromatic heterocycles. The largest absolute Gasteiger partial charge is 0.324 e. The van der Waals surface area contributed by atoms with Crippen LogP contribution in [0.4, 0.5) is 5.69 Å². The lowest BCUT2D eigenvalue weighted by Gasteiger charge is -2.33. The third-order valence-corrected chi connectivity index (χ3v) is 6.95. The standard InChI is InChI=1S/C14H19N3O3S2/c1-2-16-5-7-17(8-6-16)22(19,20)11-3-4-12-13(9-11)21-10-14(18)15-12/h3-4,9H,2,5-8,10H2,1H3,(H,15,18). The molecule has 6 nitrogen and oxygen atoms in total. The van der Waals surface area contributed by atoms with Gasteiger partial charge >= 0.3 is 0 Å². The number of rotatable bonds is 3. The molecule has 8 heteroatoms. The van der Waals surface area contributed by atoms with Crippen molar-refractivity contribution in [1.29, 1.82) is 0 Å². The van der Waals surface area contributed by atoms with Crippen LogP contribution in [0.15, 0.2) is 28.0 Å². The number of likely N-dealkylation sites (N-methyl/N-ethyl adjacent to an activating group) is 1. The summed E-state index contributed by atoms with van der Waals surface area (Å²) < 4.78 is 27.0. The number of fused-ring (bicyclic) bond motifs is 1. The summed E-state index contributed by atoms with van der Waals surface area (Å²) in [5.74, 6) is 0.273. The van der Waals surface area contributed by atoms with Crippen molar-refractivity contribution in [2.24, 2.45) is 0 Å². The predicted octanol–water partition coefficient (Wildman–Crippen LogP) is 1.06. The molecule has 1 aromatic carbocycles. The third-order valence-electron chi connectivity index (χ3n) is 4.00. The molecule has 22 heavy (non-hydrogen) atoms. The van der Waals surface area contributed by atoms with Crippen molar-refractivity contribution in [3.63, 3.8) is 0 Å². The van der Waals surface area contributed by atoms with Crippen LogP contribution in [0.5, 0.6) is 0 Å². The molecule has 1 amide bonds. The van der Waals surface area contributed by atoms with Crippen LogP contribution in [0.1, 0.15) is 6.92 Å². The molecule has 2 heterocycles. The lowest BCUT2D eigenvalue weighted by Crippen LogP contribution is -2.48. The smallest absolute Gasteiger partial charge is 0.243 e. The Kier molecular flexibility index (Phi) is 4.44. The molecule has 0 aliphatic carbocycles. The molecule has 1 N–H and O–H groups in total. The number of amides is 1. The van der Waals surface area contributed by atoms with Gasteiger partial charge in [0.15, 0.2) is 0 Å². The van der Waals surface area contributed by atoms with E-state index in [1.165, 1.54) is 11.8 Å². The number of hydrogen-bond acceptors (Lipinski definition) is 5. The highest BCUT2D eigenvalue weighted by Gasteiger charge is 2.29. The molecule has 2 aliphatic heterocycles. The summed E-state index contributed by atoms with van der Waals surface area (Å²) in [4.78, 5) is 14.7. The van der Waals surface area contributed by atoms with E-state index in [4.69, 9.17) is 0 Å². The molecule has 3 rings (SSSR count). The van der Waals surface area contributed by atoms with Crippen LogP contribution in [0.3, 0.4) is 0 Å². The second-order valence-electron chi connectivity index (χ2n) is 5.33. The molecule has 1 saturated heterocycles. The maximum atomic E-state index is 12.7. The molecule has 1 aromatic rings. The van der Waals surface area contributed by atoms with E-state index in [-0.39, 0.29) is 5.91 Å². The summed E-state index contributed by atoms with van der Waals surface area (Å²) in [7, 11) is -3.46. The minimum Gasteiger partial charge on any atom is -0.324 e. The Bertz CT molecular complexity index is 683. The van der Waals surface area contributed by atoms with Crippen LogP contribution >= 0.6 is 11.8 Å². The first-order chi connectivity index (χ1) is 10.5. The van der Waals surface area contributed by atoms with Gasteiger partial charge in [-0.3, -0.25) is 4.79 Å². The zero-order chi connectivity index (χ0) is 15.7. The molecule has 2 aliphatic rings. The van der Waals surface area contributed by atoms with Crippen molar-refractivity contribution in [3.8, 4) is 0 Å². The highest BCUT2D eigenvalue weighted by molar-refractivity contribution is 8.00. The number of nitrogens with one attached hydrogen (secondary N) is 1. The average molecular weight is 341 g/mol. The molecule has 0 bridgehead atoms. The van der Waals surface area contributed by atoms with Crippen LogP contribution in [-0.4, -0.2) is 62.0 Å². The topological polar surface area (TPSA) is 69.7 Å². The van der Waals surface area contributed by atoms with Gasteiger partial charge in [-0.2, -0.15) is 4.31 Å². The minimum atomic E-state index is -3.46. The summed E-state index contributed by atoms with van der Waals surface area (Å²) in [6.45, 7) is 5.62. The van der Waals surface area contributed by atoms with Crippen LogP contribution in [0.25, 0.3) is 0 Å². The van der Waals surface area contributed by atoms with Gasteiger partial charge in [0.05, 0.1) is 16.3 Å². The first-order valence-electron chi connectivity index (χ1n) is 7.30. The summed E-state index contributed by atoms with van der Waals surface area (Å²) in [5.41, 5.74) is 0.691. The van der Waals surface area contributed by atoms with Gasteiger partial charge in [0.2, 0.25) is 15.9 Å². The van der Waals surface area contributed by atoms with Gasteiger partial charge in [0, 0.05) is 31.1 Å². The van der Waals surface area contributed by atoms with E-state index in [1.807, 2.05) is 0 Å². The van der Waals surface area contributed by atoms with E-state index in [0.29, 0.717) is 29.4 Å². The Morgan fingerprint density at radius 2 is 1.95 bits per heavy atom. The van der Waals surface area contributed by atoms with Crippen LogP contribution < -0.4 is 5.32 Å². The van der Waals surface area contributed by atoms with E-state index in [2.05, 4.69) is 17.1 Å². The Hall–Kier alpha value is -1.09. The number of carbonyl (C=O) groups excluding carboxylic acids is 1. The number of hydrogen-bond donors (Lipinski definition) is 1. The second kappa shape index (κ2) is 6.19. The van der Waals surface area contributed by atoms with Crippen LogP contribution in [0.2, 0.25) is 0 Å². The second-order valence-corrected chi connectivity index (χ2v) is 8.29. The van der Waals surface area contributed by atoms with Gasteiger partial charge in [0.25, 0.3) is 0 Å². The fourth-order valence-electron chi connectivity index (χ4n) is 2.65. The molecule has 0 spiro atoms. The summed E-state index contributed by atoms with van der Waals surface area (Å²) in [5, 5.41) is 2.76. The third kappa shape index (κ3) is 3.01. The van der Waals surface area contributed by atoms with Gasteiger partial charge in [-0.25, -0.2) is 8.42 Å². The number of anilines is 1. The van der Waals surface area contributed by atoms with Gasteiger partial charge in [-0.05, 0) is 24.7 Å². The molecular weight excluding hydrogens is 322 g/mol. The molecule has 120 valence electrons. The van der Waals surface area contributed by atoms with E-state index >= 15 is 0 Å². The fraction of sp³-hybridized carbons (Fsp3) is 0.500. The van der Waals surface area contributed by atoms with Crippen LogP contribution in [-0.2, 0) is 14.8 Å². The monoisotopic (exact) mass is 341 g/mol. The van der Waals surface area contributed by atoms with Gasteiger partial charge in [-0.1, -0.05) is 6.92 Å². The number of carbonyl (C=O) groups is 1. The Balaban J connectivity index is 1.82. The van der Waals surface area contributed by atoms with E-state index in [0.717, 1.165) is 24.5 Å².